The fourth-order valence-electron chi connectivity index (χ4n) is 3.13. The van der Waals surface area contributed by atoms with E-state index in [0.29, 0.717) is 5.69 Å². The van der Waals surface area contributed by atoms with Gasteiger partial charge in [-0.15, -0.1) is 0 Å². The Balaban J connectivity index is 1.93. The van der Waals surface area contributed by atoms with Crippen LogP contribution in [-0.2, 0) is 0 Å². The van der Waals surface area contributed by atoms with Gasteiger partial charge in [0.15, 0.2) is 11.4 Å². The Hall–Kier alpha value is -3.67. The fraction of sp³-hybridized carbons (Fsp3) is 0.174. The topological polar surface area (TPSA) is 61.9 Å². The lowest BCUT2D eigenvalue weighted by Gasteiger charge is -2.15. The molecular formula is C23H22N4O2. The predicted octanol–water partition coefficient (Wildman–Crippen LogP) is 4.18. The molecule has 0 saturated heterocycles. The Morgan fingerprint density at radius 3 is 2.45 bits per heavy atom. The van der Waals surface area contributed by atoms with Crippen molar-refractivity contribution >= 4 is 0 Å². The molecule has 0 atom stereocenters. The summed E-state index contributed by atoms with van der Waals surface area (Å²) < 4.78 is 9.21. The van der Waals surface area contributed by atoms with Crippen LogP contribution in [0, 0.1) is 6.92 Å². The van der Waals surface area contributed by atoms with Crippen molar-refractivity contribution in [3.05, 3.63) is 88.8 Å². The normalized spacial score (nSPS) is 11.0. The average Bonchev–Trinajstić information content (AvgIpc) is 3.19. The highest BCUT2D eigenvalue weighted by molar-refractivity contribution is 5.59. The van der Waals surface area contributed by atoms with E-state index in [9.17, 15) is 4.79 Å². The molecule has 2 heterocycles. The first-order chi connectivity index (χ1) is 14.0. The number of benzene rings is 2. The molecule has 4 aromatic rings. The molecule has 146 valence electrons. The van der Waals surface area contributed by atoms with E-state index in [-0.39, 0.29) is 23.0 Å². The summed E-state index contributed by atoms with van der Waals surface area (Å²) >= 11 is 0. The lowest BCUT2D eigenvalue weighted by atomic mass is 10.2. The van der Waals surface area contributed by atoms with Crippen molar-refractivity contribution in [2.75, 3.05) is 0 Å². The SMILES string of the molecule is Cc1cccc(-n2cc(OC(C)C)c(=O)c(-c3ccnn3-c3ccccc3)n2)c1. The van der Waals surface area contributed by atoms with Gasteiger partial charge in [0.1, 0.15) is 0 Å². The van der Waals surface area contributed by atoms with Crippen LogP contribution in [0.25, 0.3) is 22.8 Å². The minimum absolute atomic E-state index is 0.136. The molecule has 4 rings (SSSR count). The zero-order chi connectivity index (χ0) is 20.4. The van der Waals surface area contributed by atoms with Crippen LogP contribution in [0.2, 0.25) is 0 Å². The molecule has 0 unspecified atom stereocenters. The van der Waals surface area contributed by atoms with Gasteiger partial charge in [0.2, 0.25) is 0 Å². The third-order valence-electron chi connectivity index (χ3n) is 4.40. The molecular weight excluding hydrogens is 364 g/mol. The maximum absolute atomic E-state index is 13.2. The largest absolute Gasteiger partial charge is 0.485 e. The first-order valence-corrected chi connectivity index (χ1v) is 9.50. The van der Waals surface area contributed by atoms with Crippen molar-refractivity contribution in [1.82, 2.24) is 19.6 Å². The number of hydrogen-bond donors (Lipinski definition) is 0. The van der Waals surface area contributed by atoms with Gasteiger partial charge in [-0.1, -0.05) is 30.3 Å². The molecule has 0 amide bonds. The van der Waals surface area contributed by atoms with E-state index in [2.05, 4.69) is 10.2 Å². The predicted molar refractivity (Wildman–Crippen MR) is 113 cm³/mol. The Bertz CT molecular complexity index is 1190. The number of hydrogen-bond acceptors (Lipinski definition) is 4. The summed E-state index contributed by atoms with van der Waals surface area (Å²) in [7, 11) is 0. The zero-order valence-electron chi connectivity index (χ0n) is 16.6. The molecule has 29 heavy (non-hydrogen) atoms. The first kappa shape index (κ1) is 18.7. The Morgan fingerprint density at radius 1 is 0.966 bits per heavy atom. The molecule has 0 spiro atoms. The van der Waals surface area contributed by atoms with Gasteiger partial charge in [-0.3, -0.25) is 4.79 Å². The molecule has 0 bridgehead atoms. The molecule has 2 aromatic heterocycles. The summed E-state index contributed by atoms with van der Waals surface area (Å²) in [5, 5.41) is 9.04. The number of aryl methyl sites for hydroxylation is 1. The Kier molecular flexibility index (Phi) is 4.99. The molecule has 0 aliphatic rings. The lowest BCUT2D eigenvalue weighted by molar-refractivity contribution is 0.238. The number of nitrogens with zero attached hydrogens (tertiary/aromatic N) is 4. The van der Waals surface area contributed by atoms with E-state index < -0.39 is 0 Å². The molecule has 2 aromatic carbocycles. The van der Waals surface area contributed by atoms with Gasteiger partial charge in [0, 0.05) is 0 Å². The highest BCUT2D eigenvalue weighted by Crippen LogP contribution is 2.21. The van der Waals surface area contributed by atoms with Crippen molar-refractivity contribution in [3.8, 4) is 28.5 Å². The van der Waals surface area contributed by atoms with E-state index in [0.717, 1.165) is 16.9 Å². The van der Waals surface area contributed by atoms with E-state index >= 15 is 0 Å². The molecule has 0 N–H and O–H groups in total. The fourth-order valence-corrected chi connectivity index (χ4v) is 3.13. The number of rotatable bonds is 5. The Labute approximate surface area is 169 Å². The Morgan fingerprint density at radius 2 is 1.72 bits per heavy atom. The molecule has 0 fully saturated rings. The standard InChI is InChI=1S/C23H22N4O2/c1-16(2)29-21-15-26(19-11-7-8-17(3)14-19)25-22(23(21)28)20-12-13-24-27(20)18-9-5-4-6-10-18/h4-16H,1-3H3. The van der Waals surface area contributed by atoms with Crippen molar-refractivity contribution in [3.63, 3.8) is 0 Å². The summed E-state index contributed by atoms with van der Waals surface area (Å²) in [6, 6.07) is 19.4. The van der Waals surface area contributed by atoms with E-state index in [1.165, 1.54) is 0 Å². The summed E-state index contributed by atoms with van der Waals surface area (Å²) in [5.41, 5.74) is 3.44. The van der Waals surface area contributed by atoms with Gasteiger partial charge < -0.3 is 4.74 Å². The summed E-state index contributed by atoms with van der Waals surface area (Å²) in [4.78, 5) is 13.2. The van der Waals surface area contributed by atoms with Gasteiger partial charge in [-0.25, -0.2) is 9.36 Å². The van der Waals surface area contributed by atoms with E-state index in [1.807, 2.05) is 75.4 Å². The second-order valence-corrected chi connectivity index (χ2v) is 7.09. The smallest absolute Gasteiger partial charge is 0.251 e. The van der Waals surface area contributed by atoms with E-state index in [1.54, 1.807) is 27.8 Å². The van der Waals surface area contributed by atoms with Crippen LogP contribution >= 0.6 is 0 Å². The third-order valence-corrected chi connectivity index (χ3v) is 4.40. The molecule has 0 aliphatic heterocycles. The highest BCUT2D eigenvalue weighted by Gasteiger charge is 2.18. The maximum Gasteiger partial charge on any atom is 0.251 e. The first-order valence-electron chi connectivity index (χ1n) is 9.50. The minimum atomic E-state index is -0.264. The van der Waals surface area contributed by atoms with Gasteiger partial charge >= 0.3 is 0 Å². The van der Waals surface area contributed by atoms with Crippen molar-refractivity contribution in [1.29, 1.82) is 0 Å². The highest BCUT2D eigenvalue weighted by atomic mass is 16.5. The van der Waals surface area contributed by atoms with Crippen molar-refractivity contribution < 1.29 is 4.74 Å². The van der Waals surface area contributed by atoms with Gasteiger partial charge in [-0.2, -0.15) is 10.2 Å². The monoisotopic (exact) mass is 386 g/mol. The van der Waals surface area contributed by atoms with Crippen molar-refractivity contribution in [2.45, 2.75) is 26.9 Å². The van der Waals surface area contributed by atoms with Crippen LogP contribution in [0.3, 0.4) is 0 Å². The molecule has 6 nitrogen and oxygen atoms in total. The molecule has 0 saturated carbocycles. The van der Waals surface area contributed by atoms with E-state index in [4.69, 9.17) is 4.74 Å². The quantitative estimate of drug-likeness (QED) is 0.516. The van der Waals surface area contributed by atoms with Crippen LogP contribution in [-0.4, -0.2) is 25.7 Å². The van der Waals surface area contributed by atoms with Gasteiger partial charge in [-0.05, 0) is 56.7 Å². The number of aromatic nitrogens is 4. The average molecular weight is 386 g/mol. The molecule has 0 aliphatic carbocycles. The zero-order valence-corrected chi connectivity index (χ0v) is 16.6. The van der Waals surface area contributed by atoms with Gasteiger partial charge in [0.05, 0.1) is 35.6 Å². The van der Waals surface area contributed by atoms with Crippen LogP contribution in [0.1, 0.15) is 19.4 Å². The van der Waals surface area contributed by atoms with Crippen molar-refractivity contribution in [2.24, 2.45) is 0 Å². The van der Waals surface area contributed by atoms with Crippen LogP contribution in [0.4, 0.5) is 0 Å². The summed E-state index contributed by atoms with van der Waals surface area (Å²) in [5.74, 6) is 0.257. The number of para-hydroxylation sites is 1. The second-order valence-electron chi connectivity index (χ2n) is 7.09. The minimum Gasteiger partial charge on any atom is -0.485 e. The van der Waals surface area contributed by atoms with Gasteiger partial charge in [0.25, 0.3) is 5.43 Å². The van der Waals surface area contributed by atoms with Crippen LogP contribution < -0.4 is 10.2 Å². The summed E-state index contributed by atoms with van der Waals surface area (Å²) in [6.45, 7) is 5.80. The summed E-state index contributed by atoms with van der Waals surface area (Å²) in [6.07, 6.45) is 3.17. The second kappa shape index (κ2) is 7.75. The van der Waals surface area contributed by atoms with Crippen LogP contribution in [0.5, 0.6) is 5.75 Å². The lowest BCUT2D eigenvalue weighted by Crippen LogP contribution is -2.21. The molecule has 6 heteroatoms. The third kappa shape index (κ3) is 3.82. The van der Waals surface area contributed by atoms with Crippen LogP contribution in [0.15, 0.2) is 77.9 Å². The number of ether oxygens (including phenoxy) is 1. The molecule has 0 radical (unpaired) electrons. The maximum atomic E-state index is 13.2.